The highest BCUT2D eigenvalue weighted by Gasteiger charge is 2.15. The Bertz CT molecular complexity index is 487. The molecular weight excluding hydrogens is 226 g/mol. The normalized spacial score (nSPS) is 12.8. The van der Waals surface area contributed by atoms with Crippen molar-refractivity contribution in [2.75, 3.05) is 6.54 Å². The fourth-order valence-corrected chi connectivity index (χ4v) is 2.05. The highest BCUT2D eigenvalue weighted by atomic mass is 16.3. The summed E-state index contributed by atoms with van der Waals surface area (Å²) in [7, 11) is 2.03. The van der Waals surface area contributed by atoms with Gasteiger partial charge in [-0.15, -0.1) is 0 Å². The molecule has 0 aliphatic heterocycles. The average molecular weight is 247 g/mol. The third-order valence-electron chi connectivity index (χ3n) is 3.10. The van der Waals surface area contributed by atoms with Gasteiger partial charge >= 0.3 is 0 Å². The lowest BCUT2D eigenvalue weighted by Crippen LogP contribution is -2.24. The van der Waals surface area contributed by atoms with Gasteiger partial charge in [-0.2, -0.15) is 0 Å². The first-order valence-corrected chi connectivity index (χ1v) is 6.45. The monoisotopic (exact) mass is 247 g/mol. The molecule has 1 unspecified atom stereocenters. The van der Waals surface area contributed by atoms with Gasteiger partial charge in [-0.05, 0) is 26.0 Å². The Morgan fingerprint density at radius 3 is 2.89 bits per heavy atom. The minimum atomic E-state index is 0.267. The van der Waals surface area contributed by atoms with Crippen LogP contribution in [0.15, 0.2) is 29.1 Å². The number of rotatable bonds is 6. The summed E-state index contributed by atoms with van der Waals surface area (Å²) in [6.45, 7) is 5.14. The van der Waals surface area contributed by atoms with E-state index in [2.05, 4.69) is 27.9 Å². The van der Waals surface area contributed by atoms with Crippen molar-refractivity contribution in [1.29, 1.82) is 0 Å². The molecule has 0 bridgehead atoms. The van der Waals surface area contributed by atoms with Crippen LogP contribution in [0.3, 0.4) is 0 Å². The first kappa shape index (κ1) is 12.9. The molecule has 2 heterocycles. The van der Waals surface area contributed by atoms with Gasteiger partial charge in [0.2, 0.25) is 0 Å². The second-order valence-electron chi connectivity index (χ2n) is 4.66. The highest BCUT2D eigenvalue weighted by molar-refractivity contribution is 5.18. The lowest BCUT2D eigenvalue weighted by Gasteiger charge is -2.16. The minimum Gasteiger partial charge on any atom is -0.469 e. The largest absolute Gasteiger partial charge is 0.469 e. The molecule has 0 radical (unpaired) electrons. The number of nitrogens with one attached hydrogen (secondary N) is 1. The Balaban J connectivity index is 2.12. The van der Waals surface area contributed by atoms with Gasteiger partial charge < -0.3 is 14.3 Å². The second-order valence-corrected chi connectivity index (χ2v) is 4.66. The molecule has 0 saturated heterocycles. The summed E-state index contributed by atoms with van der Waals surface area (Å²) < 4.78 is 7.47. The Kier molecular flexibility index (Phi) is 4.20. The molecule has 0 fully saturated rings. The number of aromatic nitrogens is 2. The number of hydrogen-bond donors (Lipinski definition) is 1. The van der Waals surface area contributed by atoms with E-state index in [0.29, 0.717) is 0 Å². The van der Waals surface area contributed by atoms with Gasteiger partial charge in [0.1, 0.15) is 11.6 Å². The predicted octanol–water partition coefficient (Wildman–Crippen LogP) is 2.60. The summed E-state index contributed by atoms with van der Waals surface area (Å²) in [6, 6.07) is 2.36. The van der Waals surface area contributed by atoms with Gasteiger partial charge in [-0.1, -0.05) is 6.92 Å². The Morgan fingerprint density at radius 2 is 2.33 bits per heavy atom. The van der Waals surface area contributed by atoms with E-state index >= 15 is 0 Å². The van der Waals surface area contributed by atoms with Crippen molar-refractivity contribution < 1.29 is 4.42 Å². The van der Waals surface area contributed by atoms with Crippen molar-refractivity contribution in [2.24, 2.45) is 7.05 Å². The molecule has 0 aromatic carbocycles. The van der Waals surface area contributed by atoms with Gasteiger partial charge in [-0.25, -0.2) is 4.98 Å². The van der Waals surface area contributed by atoms with E-state index in [0.717, 1.165) is 31.0 Å². The van der Waals surface area contributed by atoms with Crippen LogP contribution in [-0.2, 0) is 13.5 Å². The summed E-state index contributed by atoms with van der Waals surface area (Å²) in [5.41, 5.74) is 1.20. The van der Waals surface area contributed by atoms with Gasteiger partial charge in [0, 0.05) is 37.5 Å². The minimum absolute atomic E-state index is 0.267. The second kappa shape index (κ2) is 5.87. The smallest absolute Gasteiger partial charge is 0.110 e. The van der Waals surface area contributed by atoms with Crippen LogP contribution in [0, 0.1) is 6.92 Å². The van der Waals surface area contributed by atoms with E-state index < -0.39 is 0 Å². The Labute approximate surface area is 108 Å². The van der Waals surface area contributed by atoms with E-state index in [1.54, 1.807) is 0 Å². The molecule has 2 rings (SSSR count). The van der Waals surface area contributed by atoms with Gasteiger partial charge in [0.15, 0.2) is 0 Å². The molecular formula is C14H21N3O. The van der Waals surface area contributed by atoms with E-state index in [1.807, 2.05) is 32.6 Å². The van der Waals surface area contributed by atoms with Gasteiger partial charge in [-0.3, -0.25) is 0 Å². The van der Waals surface area contributed by atoms with Crippen LogP contribution in [-0.4, -0.2) is 16.1 Å². The summed E-state index contributed by atoms with van der Waals surface area (Å²) in [6.07, 6.45) is 7.65. The summed E-state index contributed by atoms with van der Waals surface area (Å²) in [4.78, 5) is 4.39. The highest BCUT2D eigenvalue weighted by Crippen LogP contribution is 2.20. The van der Waals surface area contributed by atoms with Crippen molar-refractivity contribution in [3.8, 4) is 0 Å². The summed E-state index contributed by atoms with van der Waals surface area (Å²) >= 11 is 0. The first-order valence-electron chi connectivity index (χ1n) is 6.45. The molecule has 4 nitrogen and oxygen atoms in total. The average Bonchev–Trinajstić information content (AvgIpc) is 2.94. The van der Waals surface area contributed by atoms with Crippen molar-refractivity contribution >= 4 is 0 Å². The molecule has 0 spiro atoms. The number of nitrogens with zero attached hydrogens (tertiary/aromatic N) is 2. The third-order valence-corrected chi connectivity index (χ3v) is 3.10. The van der Waals surface area contributed by atoms with Crippen LogP contribution in [0.2, 0.25) is 0 Å². The number of hydrogen-bond acceptors (Lipinski definition) is 3. The van der Waals surface area contributed by atoms with Crippen LogP contribution in [0.5, 0.6) is 0 Å². The van der Waals surface area contributed by atoms with Crippen molar-refractivity contribution in [3.63, 3.8) is 0 Å². The SMILES string of the molecule is CCCNC(Cc1nccn1C)c1coc(C)c1. The molecule has 1 atom stereocenters. The maximum absolute atomic E-state index is 5.41. The van der Waals surface area contributed by atoms with Crippen molar-refractivity contribution in [2.45, 2.75) is 32.7 Å². The molecule has 0 amide bonds. The maximum atomic E-state index is 5.41. The Hall–Kier alpha value is -1.55. The zero-order valence-corrected chi connectivity index (χ0v) is 11.3. The van der Waals surface area contributed by atoms with Crippen molar-refractivity contribution in [1.82, 2.24) is 14.9 Å². The zero-order valence-electron chi connectivity index (χ0n) is 11.3. The fourth-order valence-electron chi connectivity index (χ4n) is 2.05. The van der Waals surface area contributed by atoms with E-state index in [9.17, 15) is 0 Å². The molecule has 0 aliphatic rings. The van der Waals surface area contributed by atoms with Crippen LogP contribution >= 0.6 is 0 Å². The molecule has 1 N–H and O–H groups in total. The number of furan rings is 1. The maximum Gasteiger partial charge on any atom is 0.110 e. The molecule has 2 aromatic rings. The van der Waals surface area contributed by atoms with E-state index in [1.165, 1.54) is 5.56 Å². The quantitative estimate of drug-likeness (QED) is 0.853. The lowest BCUT2D eigenvalue weighted by molar-refractivity contribution is 0.494. The van der Waals surface area contributed by atoms with Gasteiger partial charge in [0.05, 0.1) is 6.26 Å². The standard InChI is InChI=1S/C14H21N3O/c1-4-5-15-13(12-8-11(2)18-10-12)9-14-16-6-7-17(14)3/h6-8,10,13,15H,4-5,9H2,1-3H3. The fraction of sp³-hybridized carbons (Fsp3) is 0.500. The van der Waals surface area contributed by atoms with Crippen molar-refractivity contribution in [3.05, 3.63) is 41.9 Å². The number of aryl methyl sites for hydroxylation is 2. The predicted molar refractivity (Wildman–Crippen MR) is 71.4 cm³/mol. The van der Waals surface area contributed by atoms with Crippen LogP contribution in [0.4, 0.5) is 0 Å². The molecule has 0 saturated carbocycles. The summed E-state index contributed by atoms with van der Waals surface area (Å²) in [5, 5.41) is 3.55. The molecule has 0 aliphatic carbocycles. The molecule has 18 heavy (non-hydrogen) atoms. The van der Waals surface area contributed by atoms with Crippen LogP contribution in [0.25, 0.3) is 0 Å². The third kappa shape index (κ3) is 3.01. The van der Waals surface area contributed by atoms with Crippen LogP contribution < -0.4 is 5.32 Å². The van der Waals surface area contributed by atoms with Crippen LogP contribution in [0.1, 0.15) is 36.5 Å². The van der Waals surface area contributed by atoms with E-state index in [-0.39, 0.29) is 6.04 Å². The first-order chi connectivity index (χ1) is 8.70. The number of imidazole rings is 1. The molecule has 98 valence electrons. The molecule has 4 heteroatoms. The van der Waals surface area contributed by atoms with Gasteiger partial charge in [0.25, 0.3) is 0 Å². The molecule has 2 aromatic heterocycles. The topological polar surface area (TPSA) is 43.0 Å². The lowest BCUT2D eigenvalue weighted by atomic mass is 10.1. The van der Waals surface area contributed by atoms with E-state index in [4.69, 9.17) is 4.42 Å². The zero-order chi connectivity index (χ0) is 13.0. The summed E-state index contributed by atoms with van der Waals surface area (Å²) in [5.74, 6) is 2.04. The Morgan fingerprint density at radius 1 is 1.50 bits per heavy atom.